The molecule has 2 N–H and O–H groups in total. The van der Waals surface area contributed by atoms with Gasteiger partial charge in [-0.15, -0.1) is 11.3 Å². The fourth-order valence-corrected chi connectivity index (χ4v) is 5.08. The summed E-state index contributed by atoms with van der Waals surface area (Å²) in [5.41, 5.74) is 0. The molecule has 0 aliphatic carbocycles. The van der Waals surface area contributed by atoms with Gasteiger partial charge in [0, 0.05) is 24.1 Å². The van der Waals surface area contributed by atoms with Gasteiger partial charge in [0.1, 0.15) is 5.76 Å². The standard InChI is InChI=1S/C15H19N3O5S2/c1-9-6-14(18-23-9)17-15(19)12-7-13(10(2)24-12)25(20,21)16-8-11-4-3-5-22-11/h6-7,11,16H,3-5,8H2,1-2H3,(H,17,18,19)/t11-/m0/s1. The lowest BCUT2D eigenvalue weighted by atomic mass is 10.2. The van der Waals surface area contributed by atoms with Gasteiger partial charge in [-0.25, -0.2) is 13.1 Å². The van der Waals surface area contributed by atoms with Gasteiger partial charge >= 0.3 is 0 Å². The van der Waals surface area contributed by atoms with Gasteiger partial charge in [-0.3, -0.25) is 4.79 Å². The second-order valence-electron chi connectivity index (χ2n) is 5.79. The molecule has 2 aromatic rings. The summed E-state index contributed by atoms with van der Waals surface area (Å²) >= 11 is 1.11. The van der Waals surface area contributed by atoms with Gasteiger partial charge in [0.05, 0.1) is 15.9 Å². The van der Waals surface area contributed by atoms with Crippen molar-refractivity contribution in [2.24, 2.45) is 0 Å². The summed E-state index contributed by atoms with van der Waals surface area (Å²) in [6.07, 6.45) is 1.69. The van der Waals surface area contributed by atoms with E-state index in [0.717, 1.165) is 24.2 Å². The number of hydrogen-bond acceptors (Lipinski definition) is 7. The molecule has 3 heterocycles. The predicted octanol–water partition coefficient (Wildman–Crippen LogP) is 2.06. The van der Waals surface area contributed by atoms with Crippen LogP contribution < -0.4 is 10.0 Å². The van der Waals surface area contributed by atoms with Crippen LogP contribution in [0.1, 0.15) is 33.2 Å². The van der Waals surface area contributed by atoms with Crippen LogP contribution in [-0.2, 0) is 14.8 Å². The number of ether oxygens (including phenoxy) is 1. The lowest BCUT2D eigenvalue weighted by Gasteiger charge is -2.11. The molecule has 0 unspecified atom stereocenters. The largest absolute Gasteiger partial charge is 0.377 e. The highest BCUT2D eigenvalue weighted by molar-refractivity contribution is 7.89. The first kappa shape index (κ1) is 18.1. The molecule has 10 heteroatoms. The van der Waals surface area contributed by atoms with Crippen molar-refractivity contribution in [2.45, 2.75) is 37.7 Å². The van der Waals surface area contributed by atoms with E-state index in [4.69, 9.17) is 9.26 Å². The fraction of sp³-hybridized carbons (Fsp3) is 0.467. The Morgan fingerprint density at radius 3 is 2.84 bits per heavy atom. The smallest absolute Gasteiger partial charge is 0.267 e. The molecule has 1 atom stereocenters. The molecule has 0 spiro atoms. The molecule has 1 saturated heterocycles. The molecule has 2 aromatic heterocycles. The molecular weight excluding hydrogens is 366 g/mol. The zero-order chi connectivity index (χ0) is 18.0. The number of nitrogens with zero attached hydrogens (tertiary/aromatic N) is 1. The first-order valence-corrected chi connectivity index (χ1v) is 10.1. The summed E-state index contributed by atoms with van der Waals surface area (Å²) < 4.78 is 37.8. The topological polar surface area (TPSA) is 111 Å². The average molecular weight is 385 g/mol. The van der Waals surface area contributed by atoms with Crippen molar-refractivity contribution < 1.29 is 22.5 Å². The molecule has 3 rings (SSSR count). The maximum Gasteiger partial charge on any atom is 0.267 e. The van der Waals surface area contributed by atoms with Crippen molar-refractivity contribution in [3.05, 3.63) is 27.6 Å². The molecule has 25 heavy (non-hydrogen) atoms. The van der Waals surface area contributed by atoms with Crippen molar-refractivity contribution in [3.63, 3.8) is 0 Å². The minimum atomic E-state index is -3.69. The van der Waals surface area contributed by atoms with E-state index in [1.54, 1.807) is 19.9 Å². The molecule has 1 amide bonds. The highest BCUT2D eigenvalue weighted by Crippen LogP contribution is 2.26. The van der Waals surface area contributed by atoms with Gasteiger partial charge in [-0.05, 0) is 32.8 Å². The van der Waals surface area contributed by atoms with Gasteiger partial charge in [0.2, 0.25) is 10.0 Å². The third kappa shape index (κ3) is 4.27. The van der Waals surface area contributed by atoms with E-state index < -0.39 is 15.9 Å². The van der Waals surface area contributed by atoms with Crippen molar-refractivity contribution in [3.8, 4) is 0 Å². The van der Waals surface area contributed by atoms with Gasteiger partial charge in [-0.1, -0.05) is 5.16 Å². The molecule has 1 aliphatic heterocycles. The molecule has 1 aliphatic rings. The first-order valence-electron chi connectivity index (χ1n) is 7.81. The third-order valence-corrected chi connectivity index (χ3v) is 6.51. The number of aryl methyl sites for hydroxylation is 2. The van der Waals surface area contributed by atoms with Crippen LogP contribution in [-0.4, -0.2) is 38.7 Å². The maximum atomic E-state index is 12.5. The van der Waals surface area contributed by atoms with E-state index in [2.05, 4.69) is 15.2 Å². The average Bonchev–Trinajstić information content (AvgIpc) is 3.27. The predicted molar refractivity (Wildman–Crippen MR) is 92.4 cm³/mol. The molecule has 136 valence electrons. The Morgan fingerprint density at radius 2 is 2.20 bits per heavy atom. The zero-order valence-corrected chi connectivity index (χ0v) is 15.5. The van der Waals surface area contributed by atoms with Crippen LogP contribution in [0.15, 0.2) is 21.6 Å². The van der Waals surface area contributed by atoms with Crippen molar-refractivity contribution >= 4 is 33.1 Å². The van der Waals surface area contributed by atoms with E-state index in [-0.39, 0.29) is 28.2 Å². The Balaban J connectivity index is 1.71. The highest BCUT2D eigenvalue weighted by atomic mass is 32.2. The third-order valence-electron chi connectivity index (χ3n) is 3.78. The lowest BCUT2D eigenvalue weighted by Crippen LogP contribution is -2.31. The summed E-state index contributed by atoms with van der Waals surface area (Å²) in [5, 5.41) is 6.27. The van der Waals surface area contributed by atoms with Gasteiger partial charge in [0.25, 0.3) is 5.91 Å². The molecule has 0 radical (unpaired) electrons. The summed E-state index contributed by atoms with van der Waals surface area (Å²) in [4.78, 5) is 13.2. The minimum absolute atomic E-state index is 0.0908. The Hall–Kier alpha value is -1.75. The Kier molecular flexibility index (Phi) is 5.23. The van der Waals surface area contributed by atoms with E-state index in [9.17, 15) is 13.2 Å². The summed E-state index contributed by atoms with van der Waals surface area (Å²) in [6.45, 7) is 4.28. The number of sulfonamides is 1. The first-order chi connectivity index (χ1) is 11.8. The number of aromatic nitrogens is 1. The van der Waals surface area contributed by atoms with Crippen LogP contribution in [0.2, 0.25) is 0 Å². The van der Waals surface area contributed by atoms with Crippen LogP contribution in [0.5, 0.6) is 0 Å². The van der Waals surface area contributed by atoms with Gasteiger partial charge in [-0.2, -0.15) is 0 Å². The number of amides is 1. The lowest BCUT2D eigenvalue weighted by molar-refractivity contribution is 0.102. The van der Waals surface area contributed by atoms with Gasteiger partial charge in [0.15, 0.2) is 5.82 Å². The molecule has 0 saturated carbocycles. The summed E-state index contributed by atoms with van der Waals surface area (Å²) in [6, 6.07) is 2.96. The van der Waals surface area contributed by atoms with Crippen LogP contribution in [0.25, 0.3) is 0 Å². The number of carbonyl (C=O) groups excluding carboxylic acids is 1. The molecule has 0 aromatic carbocycles. The summed E-state index contributed by atoms with van der Waals surface area (Å²) in [7, 11) is -3.69. The van der Waals surface area contributed by atoms with Crippen LogP contribution in [0.3, 0.4) is 0 Å². The molecular formula is C15H19N3O5S2. The van der Waals surface area contributed by atoms with Crippen LogP contribution >= 0.6 is 11.3 Å². The van der Waals surface area contributed by atoms with E-state index in [0.29, 0.717) is 17.2 Å². The number of rotatable bonds is 6. The highest BCUT2D eigenvalue weighted by Gasteiger charge is 2.25. The van der Waals surface area contributed by atoms with E-state index in [1.807, 2.05) is 0 Å². The SMILES string of the molecule is Cc1cc(NC(=O)c2cc(S(=O)(=O)NC[C@@H]3CCCO3)c(C)s2)no1. The molecule has 0 bridgehead atoms. The number of nitrogens with one attached hydrogen (secondary N) is 2. The van der Waals surface area contributed by atoms with Crippen LogP contribution in [0.4, 0.5) is 5.82 Å². The Bertz CT molecular complexity index is 866. The summed E-state index contributed by atoms with van der Waals surface area (Å²) in [5.74, 6) is 0.427. The number of anilines is 1. The number of thiophene rings is 1. The van der Waals surface area contributed by atoms with E-state index >= 15 is 0 Å². The Morgan fingerprint density at radius 1 is 1.40 bits per heavy atom. The fourth-order valence-electron chi connectivity index (χ4n) is 2.53. The van der Waals surface area contributed by atoms with E-state index in [1.165, 1.54) is 6.07 Å². The minimum Gasteiger partial charge on any atom is -0.377 e. The number of hydrogen-bond donors (Lipinski definition) is 2. The molecule has 8 nitrogen and oxygen atoms in total. The second-order valence-corrected chi connectivity index (χ2v) is 8.79. The van der Waals surface area contributed by atoms with Gasteiger partial charge < -0.3 is 14.6 Å². The molecule has 1 fully saturated rings. The number of carbonyl (C=O) groups is 1. The Labute approximate surface area is 149 Å². The normalized spacial score (nSPS) is 17.8. The maximum absolute atomic E-state index is 12.5. The van der Waals surface area contributed by atoms with Crippen molar-refractivity contribution in [1.82, 2.24) is 9.88 Å². The van der Waals surface area contributed by atoms with Crippen LogP contribution in [0, 0.1) is 13.8 Å². The second kappa shape index (κ2) is 7.24. The monoisotopic (exact) mass is 385 g/mol. The van der Waals surface area contributed by atoms with Crippen molar-refractivity contribution in [2.75, 3.05) is 18.5 Å². The van der Waals surface area contributed by atoms with Crippen molar-refractivity contribution in [1.29, 1.82) is 0 Å². The quantitative estimate of drug-likeness (QED) is 0.787. The zero-order valence-electron chi connectivity index (χ0n) is 13.9.